The van der Waals surface area contributed by atoms with E-state index in [9.17, 15) is 0 Å². The molecule has 0 aliphatic carbocycles. The highest BCUT2D eigenvalue weighted by atomic mass is 35.5. The summed E-state index contributed by atoms with van der Waals surface area (Å²) in [5, 5.41) is 6.02. The van der Waals surface area contributed by atoms with Crippen molar-refractivity contribution < 1.29 is 9.47 Å². The minimum absolute atomic E-state index is 0.0162. The number of hydrogen-bond acceptors (Lipinski definition) is 4. The van der Waals surface area contributed by atoms with Gasteiger partial charge in [0, 0.05) is 10.4 Å². The van der Waals surface area contributed by atoms with Crippen LogP contribution in [0.2, 0.25) is 5.02 Å². The molecule has 0 radical (unpaired) electrons. The molecular weight excluding hydrogens is 282 g/mol. The van der Waals surface area contributed by atoms with Gasteiger partial charge in [-0.15, -0.1) is 11.3 Å². The SMILES string of the molecule is CNC(c1cc(OC)ccc1OC)c1sccc1Cl. The lowest BCUT2D eigenvalue weighted by atomic mass is 10.0. The first-order chi connectivity index (χ1) is 9.21. The molecule has 0 fully saturated rings. The molecule has 0 saturated carbocycles. The largest absolute Gasteiger partial charge is 0.497 e. The van der Waals surface area contributed by atoms with Crippen LogP contribution in [0.25, 0.3) is 0 Å². The van der Waals surface area contributed by atoms with Crippen molar-refractivity contribution in [2.24, 2.45) is 0 Å². The van der Waals surface area contributed by atoms with E-state index in [1.54, 1.807) is 25.6 Å². The van der Waals surface area contributed by atoms with E-state index in [0.29, 0.717) is 0 Å². The van der Waals surface area contributed by atoms with Crippen molar-refractivity contribution in [3.8, 4) is 11.5 Å². The number of nitrogens with one attached hydrogen (secondary N) is 1. The number of rotatable bonds is 5. The Morgan fingerprint density at radius 3 is 2.53 bits per heavy atom. The third kappa shape index (κ3) is 2.86. The number of ether oxygens (including phenoxy) is 2. The van der Waals surface area contributed by atoms with Crippen LogP contribution >= 0.6 is 22.9 Å². The van der Waals surface area contributed by atoms with Crippen molar-refractivity contribution in [2.75, 3.05) is 21.3 Å². The molecular formula is C14H16ClNO2S. The topological polar surface area (TPSA) is 30.5 Å². The molecule has 0 spiro atoms. The highest BCUT2D eigenvalue weighted by molar-refractivity contribution is 7.10. The fraction of sp³-hybridized carbons (Fsp3) is 0.286. The van der Waals surface area contributed by atoms with E-state index in [4.69, 9.17) is 21.1 Å². The van der Waals surface area contributed by atoms with Crippen LogP contribution in [-0.2, 0) is 0 Å². The third-order valence-electron chi connectivity index (χ3n) is 2.94. The van der Waals surface area contributed by atoms with Crippen LogP contribution in [0.3, 0.4) is 0 Å². The van der Waals surface area contributed by atoms with Gasteiger partial charge >= 0.3 is 0 Å². The van der Waals surface area contributed by atoms with Gasteiger partial charge in [-0.25, -0.2) is 0 Å². The zero-order valence-electron chi connectivity index (χ0n) is 11.1. The Labute approximate surface area is 122 Å². The van der Waals surface area contributed by atoms with Gasteiger partial charge in [0.25, 0.3) is 0 Å². The minimum atomic E-state index is -0.0162. The average molecular weight is 298 g/mol. The average Bonchev–Trinajstić information content (AvgIpc) is 2.86. The van der Waals surface area contributed by atoms with Crippen molar-refractivity contribution in [3.63, 3.8) is 0 Å². The van der Waals surface area contributed by atoms with Crippen LogP contribution < -0.4 is 14.8 Å². The Hall–Kier alpha value is -1.23. The molecule has 0 aliphatic rings. The van der Waals surface area contributed by atoms with E-state index in [1.165, 1.54) is 0 Å². The molecule has 0 amide bonds. The second kappa shape index (κ2) is 6.28. The number of hydrogen-bond donors (Lipinski definition) is 1. The Bertz CT molecular complexity index is 556. The van der Waals surface area contributed by atoms with Crippen LogP contribution in [-0.4, -0.2) is 21.3 Å². The summed E-state index contributed by atoms with van der Waals surface area (Å²) in [5.41, 5.74) is 1.01. The van der Waals surface area contributed by atoms with Gasteiger partial charge in [-0.05, 0) is 36.7 Å². The van der Waals surface area contributed by atoms with Crippen LogP contribution in [0, 0.1) is 0 Å². The molecule has 1 aromatic carbocycles. The zero-order valence-corrected chi connectivity index (χ0v) is 12.6. The van der Waals surface area contributed by atoms with E-state index in [-0.39, 0.29) is 6.04 Å². The molecule has 1 unspecified atom stereocenters. The molecule has 19 heavy (non-hydrogen) atoms. The van der Waals surface area contributed by atoms with Crippen molar-refractivity contribution in [3.05, 3.63) is 45.1 Å². The van der Waals surface area contributed by atoms with Crippen molar-refractivity contribution >= 4 is 22.9 Å². The summed E-state index contributed by atoms with van der Waals surface area (Å²) in [6, 6.07) is 7.64. The summed E-state index contributed by atoms with van der Waals surface area (Å²) < 4.78 is 10.7. The molecule has 1 atom stereocenters. The number of thiophene rings is 1. The Morgan fingerprint density at radius 2 is 2.00 bits per heavy atom. The second-order valence-corrected chi connectivity index (χ2v) is 5.32. The second-order valence-electron chi connectivity index (χ2n) is 3.96. The summed E-state index contributed by atoms with van der Waals surface area (Å²) in [6.07, 6.45) is 0. The number of benzene rings is 1. The first kappa shape index (κ1) is 14.2. The Morgan fingerprint density at radius 1 is 1.21 bits per heavy atom. The lowest BCUT2D eigenvalue weighted by molar-refractivity contribution is 0.395. The minimum Gasteiger partial charge on any atom is -0.497 e. The summed E-state index contributed by atoms with van der Waals surface area (Å²) in [7, 11) is 5.21. The fourth-order valence-corrected chi connectivity index (χ4v) is 3.30. The Kier molecular flexibility index (Phi) is 4.69. The first-order valence-electron chi connectivity index (χ1n) is 5.83. The first-order valence-corrected chi connectivity index (χ1v) is 7.09. The molecule has 0 aliphatic heterocycles. The fourth-order valence-electron chi connectivity index (χ4n) is 2.00. The lowest BCUT2D eigenvalue weighted by Gasteiger charge is -2.19. The maximum absolute atomic E-state index is 6.23. The molecule has 1 N–H and O–H groups in total. The van der Waals surface area contributed by atoms with Crippen molar-refractivity contribution in [2.45, 2.75) is 6.04 Å². The lowest BCUT2D eigenvalue weighted by Crippen LogP contribution is -2.17. The van der Waals surface area contributed by atoms with Gasteiger partial charge in [0.1, 0.15) is 11.5 Å². The summed E-state index contributed by atoms with van der Waals surface area (Å²) in [5.74, 6) is 1.60. The van der Waals surface area contributed by atoms with Crippen LogP contribution in [0.5, 0.6) is 11.5 Å². The van der Waals surface area contributed by atoms with Crippen LogP contribution in [0.1, 0.15) is 16.5 Å². The quantitative estimate of drug-likeness (QED) is 0.912. The van der Waals surface area contributed by atoms with E-state index in [1.807, 2.05) is 36.7 Å². The molecule has 0 bridgehead atoms. The molecule has 0 saturated heterocycles. The maximum Gasteiger partial charge on any atom is 0.124 e. The summed E-state index contributed by atoms with van der Waals surface area (Å²) >= 11 is 7.85. The Balaban J connectivity index is 2.51. The maximum atomic E-state index is 6.23. The van der Waals surface area contributed by atoms with Gasteiger partial charge in [0.2, 0.25) is 0 Å². The van der Waals surface area contributed by atoms with Gasteiger partial charge in [0.15, 0.2) is 0 Å². The predicted molar refractivity (Wildman–Crippen MR) is 79.8 cm³/mol. The van der Waals surface area contributed by atoms with E-state index < -0.39 is 0 Å². The van der Waals surface area contributed by atoms with Crippen molar-refractivity contribution in [1.29, 1.82) is 0 Å². The van der Waals surface area contributed by atoms with Gasteiger partial charge in [0.05, 0.1) is 25.3 Å². The van der Waals surface area contributed by atoms with E-state index in [0.717, 1.165) is 27.0 Å². The van der Waals surface area contributed by atoms with E-state index in [2.05, 4.69) is 5.32 Å². The molecule has 2 rings (SSSR count). The highest BCUT2D eigenvalue weighted by Gasteiger charge is 2.21. The molecule has 1 heterocycles. The normalized spacial score (nSPS) is 12.2. The molecule has 5 heteroatoms. The van der Waals surface area contributed by atoms with Crippen LogP contribution in [0.4, 0.5) is 0 Å². The zero-order chi connectivity index (χ0) is 13.8. The molecule has 102 valence electrons. The van der Waals surface area contributed by atoms with Gasteiger partial charge in [-0.1, -0.05) is 11.6 Å². The highest BCUT2D eigenvalue weighted by Crippen LogP contribution is 2.38. The van der Waals surface area contributed by atoms with Crippen LogP contribution in [0.15, 0.2) is 29.6 Å². The molecule has 3 nitrogen and oxygen atoms in total. The number of halogens is 1. The van der Waals surface area contributed by atoms with E-state index >= 15 is 0 Å². The van der Waals surface area contributed by atoms with Gasteiger partial charge in [-0.3, -0.25) is 0 Å². The predicted octanol–water partition coefficient (Wildman–Crippen LogP) is 3.73. The van der Waals surface area contributed by atoms with Crippen molar-refractivity contribution in [1.82, 2.24) is 5.32 Å². The number of methoxy groups -OCH3 is 2. The standard InChI is InChI=1S/C14H16ClNO2S/c1-16-13(14-11(15)6-7-19-14)10-8-9(17-2)4-5-12(10)18-3/h4-8,13,16H,1-3H3. The van der Waals surface area contributed by atoms with Gasteiger partial charge < -0.3 is 14.8 Å². The molecule has 1 aromatic heterocycles. The summed E-state index contributed by atoms with van der Waals surface area (Å²) in [4.78, 5) is 1.07. The molecule has 2 aromatic rings. The van der Waals surface area contributed by atoms with Gasteiger partial charge in [-0.2, -0.15) is 0 Å². The monoisotopic (exact) mass is 297 g/mol. The smallest absolute Gasteiger partial charge is 0.124 e. The summed E-state index contributed by atoms with van der Waals surface area (Å²) in [6.45, 7) is 0. The third-order valence-corrected chi connectivity index (χ3v) is 4.37.